The molecule has 5 nitrogen and oxygen atoms in total. The number of imidazole rings is 1. The molecule has 4 rings (SSSR count). The van der Waals surface area contributed by atoms with Gasteiger partial charge in [0.15, 0.2) is 0 Å². The van der Waals surface area contributed by atoms with E-state index in [1.807, 2.05) is 35.0 Å². The van der Waals surface area contributed by atoms with Gasteiger partial charge >= 0.3 is 5.97 Å². The molecule has 0 saturated heterocycles. The number of carboxylic acids is 1. The summed E-state index contributed by atoms with van der Waals surface area (Å²) in [5.74, 6) is 0.426. The molecule has 1 atom stereocenters. The van der Waals surface area contributed by atoms with Crippen LogP contribution in [0.25, 0.3) is 0 Å². The zero-order valence-corrected chi connectivity index (χ0v) is 18.9. The predicted octanol–water partition coefficient (Wildman–Crippen LogP) is 5.34. The van der Waals surface area contributed by atoms with Gasteiger partial charge in [-0.15, -0.1) is 0 Å². The van der Waals surface area contributed by atoms with Gasteiger partial charge in [-0.1, -0.05) is 52.9 Å². The number of hydrogen-bond acceptors (Lipinski definition) is 3. The molecule has 1 N–H and O–H groups in total. The molecule has 0 spiro atoms. The number of halogens is 1. The van der Waals surface area contributed by atoms with Gasteiger partial charge in [-0.2, -0.15) is 0 Å². The third-order valence-corrected chi connectivity index (χ3v) is 6.40. The Morgan fingerprint density at radius 1 is 1.13 bits per heavy atom. The van der Waals surface area contributed by atoms with Crippen LogP contribution in [0, 0.1) is 0 Å². The molecule has 1 aliphatic rings. The van der Waals surface area contributed by atoms with Gasteiger partial charge in [0.05, 0.1) is 16.9 Å². The van der Waals surface area contributed by atoms with Gasteiger partial charge in [-0.3, -0.25) is 4.79 Å². The van der Waals surface area contributed by atoms with E-state index >= 15 is 0 Å². The van der Waals surface area contributed by atoms with E-state index < -0.39 is 5.97 Å². The lowest BCUT2D eigenvalue weighted by Gasteiger charge is -2.18. The number of carbonyl (C=O) groups is 1. The van der Waals surface area contributed by atoms with Crippen LogP contribution in [-0.2, 0) is 28.8 Å². The second kappa shape index (κ2) is 9.64. The number of fused-ring (bicyclic) bond motifs is 1. The Kier molecular flexibility index (Phi) is 6.72. The summed E-state index contributed by atoms with van der Waals surface area (Å²) in [7, 11) is 0. The quantitative estimate of drug-likeness (QED) is 0.324. The Bertz CT molecular complexity index is 1010. The fourth-order valence-electron chi connectivity index (χ4n) is 4.10. The number of benzene rings is 2. The fraction of sp³-hybridized carbons (Fsp3) is 0.333. The predicted molar refractivity (Wildman–Crippen MR) is 124 cm³/mol. The maximum absolute atomic E-state index is 11.4. The van der Waals surface area contributed by atoms with Gasteiger partial charge in [-0.25, -0.2) is 4.98 Å². The molecule has 1 heterocycles. The number of aliphatic carboxylic acids is 1. The summed E-state index contributed by atoms with van der Waals surface area (Å²) in [5.41, 5.74) is 5.05. The molecular weight excluding hydrogens is 491 g/mol. The Labute approximate surface area is 190 Å². The first-order valence-corrected chi connectivity index (χ1v) is 11.8. The average Bonchev–Trinajstić information content (AvgIpc) is 3.25. The van der Waals surface area contributed by atoms with E-state index in [4.69, 9.17) is 4.74 Å². The van der Waals surface area contributed by atoms with Crippen LogP contribution in [0.5, 0.6) is 5.75 Å². The van der Waals surface area contributed by atoms with Crippen molar-refractivity contribution < 1.29 is 14.6 Å². The zero-order chi connectivity index (χ0) is 20.9. The number of rotatable bonds is 8. The largest absolute Gasteiger partial charge is 0.489 e. The Balaban J connectivity index is 1.46. The molecule has 1 aromatic heterocycles. The fourth-order valence-corrected chi connectivity index (χ4v) is 4.68. The smallest absolute Gasteiger partial charge is 0.304 e. The van der Waals surface area contributed by atoms with Crippen LogP contribution in [0.3, 0.4) is 0 Å². The number of aromatic nitrogens is 2. The summed E-state index contributed by atoms with van der Waals surface area (Å²) < 4.78 is 8.70. The van der Waals surface area contributed by atoms with E-state index in [1.165, 1.54) is 36.0 Å². The topological polar surface area (TPSA) is 64.3 Å². The Morgan fingerprint density at radius 2 is 1.90 bits per heavy atom. The molecule has 156 valence electrons. The molecule has 6 heteroatoms. The molecule has 1 unspecified atom stereocenters. The van der Waals surface area contributed by atoms with Crippen LogP contribution >= 0.6 is 22.6 Å². The van der Waals surface area contributed by atoms with Gasteiger partial charge in [0.1, 0.15) is 18.2 Å². The lowest BCUT2D eigenvalue weighted by molar-refractivity contribution is -0.137. The number of carboxylic acid groups (broad SMARTS) is 1. The maximum Gasteiger partial charge on any atom is 0.304 e. The zero-order valence-electron chi connectivity index (χ0n) is 16.8. The highest BCUT2D eigenvalue weighted by Crippen LogP contribution is 2.29. The van der Waals surface area contributed by atoms with E-state index in [0.717, 1.165) is 28.1 Å². The first-order chi connectivity index (χ1) is 14.6. The minimum Gasteiger partial charge on any atom is -0.489 e. The number of nitrogens with zero attached hydrogens (tertiary/aromatic N) is 2. The monoisotopic (exact) mass is 516 g/mol. The maximum atomic E-state index is 11.4. The van der Waals surface area contributed by atoms with Gasteiger partial charge in [0, 0.05) is 12.4 Å². The van der Waals surface area contributed by atoms with Crippen molar-refractivity contribution in [1.29, 1.82) is 0 Å². The second-order valence-electron chi connectivity index (χ2n) is 7.69. The van der Waals surface area contributed by atoms with Crippen molar-refractivity contribution in [3.63, 3.8) is 0 Å². The third kappa shape index (κ3) is 4.86. The molecule has 3 aromatic rings. The summed E-state index contributed by atoms with van der Waals surface area (Å²) >= 11 is 2.25. The number of aryl methyl sites for hydroxylation is 2. The lowest BCUT2D eigenvalue weighted by Crippen LogP contribution is -2.13. The molecule has 0 bridgehead atoms. The van der Waals surface area contributed by atoms with Crippen molar-refractivity contribution in [2.24, 2.45) is 0 Å². The van der Waals surface area contributed by atoms with E-state index in [9.17, 15) is 9.90 Å². The molecular formula is C24H25IN2O3. The first kappa shape index (κ1) is 20.9. The average molecular weight is 516 g/mol. The SMILES string of the molecule is O=C(O)CC(c1ccc(OCc2ccc3c(c2)CCCC3)cc1)c1nccn1CI. The van der Waals surface area contributed by atoms with Gasteiger partial charge in [-0.05, 0) is 60.1 Å². The molecule has 0 amide bonds. The van der Waals surface area contributed by atoms with E-state index in [0.29, 0.717) is 6.61 Å². The number of alkyl halides is 1. The van der Waals surface area contributed by atoms with Crippen molar-refractivity contribution in [3.05, 3.63) is 82.9 Å². The van der Waals surface area contributed by atoms with E-state index in [2.05, 4.69) is 45.8 Å². The molecule has 2 aromatic carbocycles. The highest BCUT2D eigenvalue weighted by molar-refractivity contribution is 14.1. The molecule has 0 saturated carbocycles. The number of hydrogen-bond donors (Lipinski definition) is 1. The summed E-state index contributed by atoms with van der Waals surface area (Å²) in [6.07, 6.45) is 8.51. The highest BCUT2D eigenvalue weighted by atomic mass is 127. The highest BCUT2D eigenvalue weighted by Gasteiger charge is 2.22. The lowest BCUT2D eigenvalue weighted by atomic mass is 9.90. The summed E-state index contributed by atoms with van der Waals surface area (Å²) in [6.45, 7) is 0.532. The Hall–Kier alpha value is -2.35. The van der Waals surface area contributed by atoms with E-state index in [-0.39, 0.29) is 12.3 Å². The first-order valence-electron chi connectivity index (χ1n) is 10.3. The van der Waals surface area contributed by atoms with Gasteiger partial charge in [0.2, 0.25) is 0 Å². The molecule has 0 fully saturated rings. The van der Waals surface area contributed by atoms with Crippen LogP contribution in [0.4, 0.5) is 0 Å². The molecule has 30 heavy (non-hydrogen) atoms. The molecule has 0 radical (unpaired) electrons. The summed E-state index contributed by atoms with van der Waals surface area (Å²) in [4.78, 5) is 15.9. The van der Waals surface area contributed by atoms with Crippen molar-refractivity contribution in [2.75, 3.05) is 0 Å². The van der Waals surface area contributed by atoms with Crippen LogP contribution < -0.4 is 4.74 Å². The molecule has 0 aliphatic heterocycles. The Morgan fingerprint density at radius 3 is 2.63 bits per heavy atom. The van der Waals surface area contributed by atoms with Crippen LogP contribution in [0.1, 0.15) is 53.3 Å². The minimum absolute atomic E-state index is 0.00296. The standard InChI is InChI=1S/C24H25IN2O3/c25-16-27-12-11-26-24(27)22(14-23(28)29)19-7-9-21(10-8-19)30-15-17-5-6-18-3-1-2-4-20(18)13-17/h5-13,22H,1-4,14-16H2,(H,28,29). The van der Waals surface area contributed by atoms with Crippen LogP contribution in [0.2, 0.25) is 0 Å². The van der Waals surface area contributed by atoms with Crippen molar-refractivity contribution in [2.45, 2.75) is 49.2 Å². The summed E-state index contributed by atoms with van der Waals surface area (Å²) in [5, 5.41) is 9.39. The van der Waals surface area contributed by atoms with Gasteiger partial charge in [0.25, 0.3) is 0 Å². The number of ether oxygens (including phenoxy) is 1. The van der Waals surface area contributed by atoms with Crippen LogP contribution in [-0.4, -0.2) is 20.6 Å². The normalized spacial score (nSPS) is 14.2. The summed E-state index contributed by atoms with van der Waals surface area (Å²) in [6, 6.07) is 14.4. The minimum atomic E-state index is -0.837. The third-order valence-electron chi connectivity index (χ3n) is 5.67. The van der Waals surface area contributed by atoms with Crippen molar-refractivity contribution in [3.8, 4) is 5.75 Å². The van der Waals surface area contributed by atoms with E-state index in [1.54, 1.807) is 6.20 Å². The molecule has 1 aliphatic carbocycles. The van der Waals surface area contributed by atoms with Crippen LogP contribution in [0.15, 0.2) is 54.9 Å². The van der Waals surface area contributed by atoms with Gasteiger partial charge < -0.3 is 14.4 Å². The van der Waals surface area contributed by atoms with Crippen molar-refractivity contribution in [1.82, 2.24) is 9.55 Å². The van der Waals surface area contributed by atoms with Crippen molar-refractivity contribution >= 4 is 28.6 Å². The second-order valence-corrected chi connectivity index (χ2v) is 8.38.